The number of carbonyl (C=O) groups excluding carboxylic acids is 1. The van der Waals surface area contributed by atoms with Crippen molar-refractivity contribution in [3.63, 3.8) is 0 Å². The van der Waals surface area contributed by atoms with Crippen LogP contribution in [0.15, 0.2) is 54.6 Å². The Bertz CT molecular complexity index is 772. The number of anilines is 1. The summed E-state index contributed by atoms with van der Waals surface area (Å²) < 4.78 is 27.9. The number of benzene rings is 2. The van der Waals surface area contributed by atoms with Gasteiger partial charge in [-0.2, -0.15) is 0 Å². The first-order chi connectivity index (χ1) is 11.4. The highest BCUT2D eigenvalue weighted by atomic mass is 32.2. The minimum atomic E-state index is -3.71. The van der Waals surface area contributed by atoms with E-state index in [9.17, 15) is 18.4 Å². The molecule has 0 radical (unpaired) electrons. The van der Waals surface area contributed by atoms with Crippen LogP contribution in [-0.2, 0) is 32.6 Å². The third-order valence-corrected chi connectivity index (χ3v) is 4.17. The van der Waals surface area contributed by atoms with Crippen molar-refractivity contribution in [2.45, 2.75) is 19.4 Å². The molecule has 0 fully saturated rings. The lowest BCUT2D eigenvalue weighted by Gasteiger charge is -2.14. The van der Waals surface area contributed by atoms with Crippen molar-refractivity contribution in [2.24, 2.45) is 0 Å². The monoisotopic (exact) mass is 349 g/mol. The zero-order valence-electron chi connectivity index (χ0n) is 13.3. The second kappa shape index (κ2) is 7.94. The second-order valence-corrected chi connectivity index (χ2v) is 7.13. The number of rotatable bonds is 7. The van der Waals surface area contributed by atoms with Gasteiger partial charge < -0.3 is 4.74 Å². The average Bonchev–Trinajstić information content (AvgIpc) is 2.58. The minimum absolute atomic E-state index is 0.146. The van der Waals surface area contributed by atoms with Gasteiger partial charge >= 0.3 is 5.97 Å². The Morgan fingerprint density at radius 3 is 2.25 bits per heavy atom. The van der Waals surface area contributed by atoms with Crippen LogP contribution in [0, 0.1) is 0 Å². The molecule has 0 amide bonds. The van der Waals surface area contributed by atoms with Gasteiger partial charge in [-0.05, 0) is 29.7 Å². The van der Waals surface area contributed by atoms with Gasteiger partial charge in [-0.25, -0.2) is 8.42 Å². The molecule has 128 valence electrons. The lowest BCUT2D eigenvalue weighted by atomic mass is 10.1. The summed E-state index contributed by atoms with van der Waals surface area (Å²) in [6.07, 6.45) is 1.60. The van der Waals surface area contributed by atoms with Gasteiger partial charge in [-0.3, -0.25) is 10.0 Å². The van der Waals surface area contributed by atoms with E-state index in [-0.39, 0.29) is 29.2 Å². The van der Waals surface area contributed by atoms with E-state index in [1.54, 1.807) is 12.1 Å². The summed E-state index contributed by atoms with van der Waals surface area (Å²) in [7, 11) is -3.71. The van der Waals surface area contributed by atoms with E-state index in [4.69, 9.17) is 4.74 Å². The van der Waals surface area contributed by atoms with Crippen LogP contribution < -0.4 is 4.47 Å². The molecule has 0 unspecified atom stereocenters. The van der Waals surface area contributed by atoms with Gasteiger partial charge in [-0.15, -0.1) is 4.47 Å². The van der Waals surface area contributed by atoms with Crippen molar-refractivity contribution in [2.75, 3.05) is 10.7 Å². The summed E-state index contributed by atoms with van der Waals surface area (Å²) in [4.78, 5) is 11.7. The molecule has 0 saturated heterocycles. The summed E-state index contributed by atoms with van der Waals surface area (Å²) in [5.74, 6) is -0.303. The molecule has 2 aromatic carbocycles. The van der Waals surface area contributed by atoms with E-state index in [0.29, 0.717) is 6.42 Å². The number of hydrogen-bond donors (Lipinski definition) is 1. The zero-order chi connectivity index (χ0) is 17.6. The first-order valence-electron chi connectivity index (χ1n) is 7.34. The van der Waals surface area contributed by atoms with Gasteiger partial charge in [0.25, 0.3) is 10.0 Å². The number of ether oxygens (including phenoxy) is 1. The smallest absolute Gasteiger partial charge is 0.306 e. The number of aryl methyl sites for hydroxylation is 1. The molecule has 0 aliphatic carbocycles. The van der Waals surface area contributed by atoms with Crippen LogP contribution in [-0.4, -0.2) is 25.9 Å². The summed E-state index contributed by atoms with van der Waals surface area (Å²) in [5.41, 5.74) is 1.92. The Morgan fingerprint density at radius 1 is 1.04 bits per heavy atom. The molecule has 24 heavy (non-hydrogen) atoms. The molecule has 0 aromatic heterocycles. The van der Waals surface area contributed by atoms with Crippen LogP contribution >= 0.6 is 0 Å². The molecule has 0 aliphatic heterocycles. The molecule has 0 spiro atoms. The first kappa shape index (κ1) is 18.0. The molecule has 6 nitrogen and oxygen atoms in total. The van der Waals surface area contributed by atoms with E-state index in [1.165, 1.54) is 12.1 Å². The SMILES string of the molecule is CS(=O)(=O)N(O)c1ccc(CCC(=O)OCc2ccccc2)cc1. The number of carbonyl (C=O) groups is 1. The molecule has 0 bridgehead atoms. The van der Waals surface area contributed by atoms with Crippen LogP contribution in [0.25, 0.3) is 0 Å². The van der Waals surface area contributed by atoms with E-state index in [2.05, 4.69) is 0 Å². The maximum Gasteiger partial charge on any atom is 0.306 e. The maximum absolute atomic E-state index is 11.7. The largest absolute Gasteiger partial charge is 0.461 e. The molecule has 0 atom stereocenters. The van der Waals surface area contributed by atoms with Gasteiger partial charge in [0, 0.05) is 6.42 Å². The third kappa shape index (κ3) is 5.36. The Balaban J connectivity index is 1.83. The fourth-order valence-corrected chi connectivity index (χ4v) is 2.54. The van der Waals surface area contributed by atoms with Crippen molar-refractivity contribution < 1.29 is 23.2 Å². The average molecular weight is 349 g/mol. The molecular formula is C17H19NO5S. The van der Waals surface area contributed by atoms with Crippen LogP contribution in [0.4, 0.5) is 5.69 Å². The normalized spacial score (nSPS) is 11.1. The number of sulfonamides is 1. The first-order valence-corrected chi connectivity index (χ1v) is 9.19. The molecule has 0 aliphatic rings. The van der Waals surface area contributed by atoms with E-state index in [1.807, 2.05) is 30.3 Å². The van der Waals surface area contributed by atoms with Crippen LogP contribution in [0.3, 0.4) is 0 Å². The minimum Gasteiger partial charge on any atom is -0.461 e. The van der Waals surface area contributed by atoms with Gasteiger partial charge in [-0.1, -0.05) is 42.5 Å². The lowest BCUT2D eigenvalue weighted by Crippen LogP contribution is -2.25. The summed E-state index contributed by atoms with van der Waals surface area (Å²) in [6, 6.07) is 15.7. The molecule has 2 rings (SSSR count). The summed E-state index contributed by atoms with van der Waals surface area (Å²) >= 11 is 0. The Morgan fingerprint density at radius 2 is 1.67 bits per heavy atom. The fourth-order valence-electron chi connectivity index (χ4n) is 2.04. The van der Waals surface area contributed by atoms with Gasteiger partial charge in [0.05, 0.1) is 11.9 Å². The van der Waals surface area contributed by atoms with Crippen molar-refractivity contribution in [1.82, 2.24) is 0 Å². The van der Waals surface area contributed by atoms with E-state index >= 15 is 0 Å². The van der Waals surface area contributed by atoms with E-state index in [0.717, 1.165) is 17.4 Å². The highest BCUT2D eigenvalue weighted by Gasteiger charge is 2.14. The quantitative estimate of drug-likeness (QED) is 0.613. The molecule has 7 heteroatoms. The Kier molecular flexibility index (Phi) is 5.94. The van der Waals surface area contributed by atoms with E-state index < -0.39 is 10.0 Å². The second-order valence-electron chi connectivity index (χ2n) is 5.32. The van der Waals surface area contributed by atoms with Gasteiger partial charge in [0.15, 0.2) is 0 Å². The van der Waals surface area contributed by atoms with Crippen LogP contribution in [0.2, 0.25) is 0 Å². The van der Waals surface area contributed by atoms with Crippen molar-refractivity contribution in [3.8, 4) is 0 Å². The summed E-state index contributed by atoms with van der Waals surface area (Å²) in [5, 5.41) is 9.52. The molecule has 2 aromatic rings. The van der Waals surface area contributed by atoms with Gasteiger partial charge in [0.1, 0.15) is 6.61 Å². The maximum atomic E-state index is 11.7. The number of hydrogen-bond acceptors (Lipinski definition) is 5. The van der Waals surface area contributed by atoms with Crippen molar-refractivity contribution >= 4 is 21.7 Å². The van der Waals surface area contributed by atoms with Crippen molar-refractivity contribution in [3.05, 3.63) is 65.7 Å². The van der Waals surface area contributed by atoms with Crippen LogP contribution in [0.1, 0.15) is 17.5 Å². The Labute approximate surface area is 141 Å². The predicted octanol–water partition coefficient (Wildman–Crippen LogP) is 2.52. The lowest BCUT2D eigenvalue weighted by molar-refractivity contribution is -0.144. The number of nitrogens with zero attached hydrogens (tertiary/aromatic N) is 1. The topological polar surface area (TPSA) is 83.9 Å². The number of esters is 1. The van der Waals surface area contributed by atoms with Gasteiger partial charge in [0.2, 0.25) is 0 Å². The predicted molar refractivity (Wildman–Crippen MR) is 90.1 cm³/mol. The Hall–Kier alpha value is -2.38. The standard InChI is InChI=1S/C17H19NO5S/c1-24(21,22)18(20)16-10-7-14(8-11-16)9-12-17(19)23-13-15-5-3-2-4-6-15/h2-8,10-11,20H,9,12-13H2,1H3. The molecule has 0 saturated carbocycles. The van der Waals surface area contributed by atoms with Crippen LogP contribution in [0.5, 0.6) is 0 Å². The highest BCUT2D eigenvalue weighted by molar-refractivity contribution is 7.91. The summed E-state index contributed by atoms with van der Waals surface area (Å²) in [6.45, 7) is 0.243. The molecule has 1 N–H and O–H groups in total. The van der Waals surface area contributed by atoms with Crippen molar-refractivity contribution in [1.29, 1.82) is 0 Å². The molecule has 0 heterocycles. The zero-order valence-corrected chi connectivity index (χ0v) is 14.1. The fraction of sp³-hybridized carbons (Fsp3) is 0.235. The third-order valence-electron chi connectivity index (χ3n) is 3.33. The highest BCUT2D eigenvalue weighted by Crippen LogP contribution is 2.17. The molecular weight excluding hydrogens is 330 g/mol.